The van der Waals surface area contributed by atoms with Gasteiger partial charge in [-0.2, -0.15) is 0 Å². The molecule has 0 bridgehead atoms. The first-order valence-electron chi connectivity index (χ1n) is 17.5. The Bertz CT molecular complexity index is 1060. The van der Waals surface area contributed by atoms with Crippen molar-refractivity contribution >= 4 is 55.4 Å². The lowest BCUT2D eigenvalue weighted by atomic mass is 9.99. The molecule has 0 radical (unpaired) electrons. The van der Waals surface area contributed by atoms with Gasteiger partial charge in [-0.1, -0.05) is 51.1 Å². The Morgan fingerprint density at radius 2 is 1.53 bits per heavy atom. The average molecular weight is 747 g/mol. The van der Waals surface area contributed by atoms with Gasteiger partial charge in [0.05, 0.1) is 40.2 Å². The minimum absolute atomic E-state index is 0.00151. The number of thioether (sulfide) groups is 4. The third kappa shape index (κ3) is 12.4. The summed E-state index contributed by atoms with van der Waals surface area (Å²) < 4.78 is 31.6. The minimum atomic E-state index is -2.08. The first kappa shape index (κ1) is 40.4. The van der Waals surface area contributed by atoms with Gasteiger partial charge in [0.2, 0.25) is 0 Å². The molecule has 0 aliphatic carbocycles. The normalized spacial score (nSPS) is 24.9. The van der Waals surface area contributed by atoms with Gasteiger partial charge in [0.1, 0.15) is 6.10 Å². The summed E-state index contributed by atoms with van der Waals surface area (Å²) in [4.78, 5) is 0. The number of methoxy groups -OCH3 is 1. The Labute approximate surface area is 304 Å². The lowest BCUT2D eigenvalue weighted by Crippen LogP contribution is -2.48. The molecule has 1 aromatic rings. The highest BCUT2D eigenvalue weighted by atomic mass is 32.2. The van der Waals surface area contributed by atoms with Gasteiger partial charge in [-0.25, -0.2) is 0 Å². The van der Waals surface area contributed by atoms with Crippen molar-refractivity contribution < 1.29 is 28.5 Å². The van der Waals surface area contributed by atoms with Crippen molar-refractivity contribution in [3.8, 4) is 0 Å². The molecule has 47 heavy (non-hydrogen) atoms. The van der Waals surface area contributed by atoms with Crippen LogP contribution in [-0.4, -0.2) is 95.1 Å². The van der Waals surface area contributed by atoms with E-state index in [0.29, 0.717) is 26.2 Å². The van der Waals surface area contributed by atoms with Crippen LogP contribution >= 0.6 is 47.0 Å². The summed E-state index contributed by atoms with van der Waals surface area (Å²) in [6.07, 6.45) is 6.63. The molecule has 4 atom stereocenters. The first-order valence-corrected chi connectivity index (χ1v) is 24.4. The fraction of sp³-hybridized carbons (Fsp3) is 0.833. The number of ether oxygens (including phenoxy) is 4. The summed E-state index contributed by atoms with van der Waals surface area (Å²) in [6.45, 7) is 17.3. The summed E-state index contributed by atoms with van der Waals surface area (Å²) in [5, 5.41) is 11.5. The number of aliphatic hydroxyl groups is 1. The maximum absolute atomic E-state index is 11.4. The maximum Gasteiger partial charge on any atom is 0.192 e. The summed E-state index contributed by atoms with van der Waals surface area (Å²) in [7, 11) is -0.263. The van der Waals surface area contributed by atoms with E-state index < -0.39 is 20.2 Å². The van der Waals surface area contributed by atoms with Crippen molar-refractivity contribution in [3.63, 3.8) is 0 Å². The molecule has 3 saturated heterocycles. The van der Waals surface area contributed by atoms with E-state index in [0.717, 1.165) is 42.8 Å². The van der Waals surface area contributed by atoms with Gasteiger partial charge in [0.25, 0.3) is 0 Å². The van der Waals surface area contributed by atoms with Crippen molar-refractivity contribution in [2.75, 3.05) is 43.3 Å². The molecule has 3 aliphatic heterocycles. The summed E-state index contributed by atoms with van der Waals surface area (Å²) in [5.74, 6) is 4.05. The van der Waals surface area contributed by atoms with Gasteiger partial charge in [-0.15, -0.1) is 47.0 Å². The topological polar surface area (TPSA) is 66.4 Å². The summed E-state index contributed by atoms with van der Waals surface area (Å²) in [5.41, 5.74) is 1.14. The van der Waals surface area contributed by atoms with E-state index >= 15 is 0 Å². The molecule has 3 fully saturated rings. The first-order chi connectivity index (χ1) is 22.2. The maximum atomic E-state index is 11.4. The smallest absolute Gasteiger partial charge is 0.192 e. The van der Waals surface area contributed by atoms with Crippen molar-refractivity contribution in [2.24, 2.45) is 0 Å². The SMILES string of the molecule is CO[C@@H](CCC1(C[C@@H](CC2(C[C@@H](O)COCc3ccccc3)SCCCS2)O[Si](C)(C)C(C)(C)C)SCCCS1)[C@H]1COC(C)(C)O1. The van der Waals surface area contributed by atoms with Crippen LogP contribution in [0.4, 0.5) is 0 Å². The molecule has 0 aromatic heterocycles. The van der Waals surface area contributed by atoms with Crippen LogP contribution in [-0.2, 0) is 30.0 Å². The molecular formula is C36H62O6S4Si. The third-order valence-electron chi connectivity index (χ3n) is 9.91. The fourth-order valence-corrected chi connectivity index (χ4v) is 14.8. The molecular weight excluding hydrogens is 685 g/mol. The van der Waals surface area contributed by atoms with Crippen LogP contribution in [0.3, 0.4) is 0 Å². The molecule has 270 valence electrons. The average Bonchev–Trinajstić information content (AvgIpc) is 3.37. The second-order valence-electron chi connectivity index (χ2n) is 15.4. The van der Waals surface area contributed by atoms with Crippen LogP contribution in [0.5, 0.6) is 0 Å². The second kappa shape index (κ2) is 17.9. The van der Waals surface area contributed by atoms with Gasteiger partial charge in [-0.05, 0) is 106 Å². The van der Waals surface area contributed by atoms with E-state index in [9.17, 15) is 5.11 Å². The Kier molecular flexibility index (Phi) is 15.4. The van der Waals surface area contributed by atoms with Crippen molar-refractivity contribution in [1.82, 2.24) is 0 Å². The van der Waals surface area contributed by atoms with Gasteiger partial charge in [0, 0.05) is 13.2 Å². The molecule has 4 rings (SSSR count). The van der Waals surface area contributed by atoms with Crippen molar-refractivity contribution in [1.29, 1.82) is 0 Å². The van der Waals surface area contributed by atoms with E-state index in [4.69, 9.17) is 23.4 Å². The Morgan fingerprint density at radius 3 is 2.09 bits per heavy atom. The highest BCUT2D eigenvalue weighted by Crippen LogP contribution is 2.54. The van der Waals surface area contributed by atoms with E-state index in [1.54, 1.807) is 0 Å². The number of hydrogen-bond acceptors (Lipinski definition) is 10. The standard InChI is InChI=1S/C36H62O6S4Si/c1-33(2,3)47(7,8)42-30(23-35(43-18-12-19-44-35)17-16-31(38-6)32-27-40-34(4,5)41-32)24-36(45-20-13-21-46-36)22-29(37)26-39-25-28-14-10-9-11-15-28/h9-11,14-15,29-32,37H,12-13,16-27H2,1-8H3/t29-,30+,31+,32-/m1/s1. The van der Waals surface area contributed by atoms with Crippen LogP contribution in [0, 0.1) is 0 Å². The molecule has 1 N–H and O–H groups in total. The molecule has 0 amide bonds. The molecule has 1 aromatic carbocycles. The molecule has 0 unspecified atom stereocenters. The largest absolute Gasteiger partial charge is 0.414 e. The highest BCUT2D eigenvalue weighted by Gasteiger charge is 2.47. The Balaban J connectivity index is 1.51. The van der Waals surface area contributed by atoms with Crippen molar-refractivity contribution in [3.05, 3.63) is 35.9 Å². The number of rotatable bonds is 17. The number of aliphatic hydroxyl groups excluding tert-OH is 1. The highest BCUT2D eigenvalue weighted by molar-refractivity contribution is 8.19. The zero-order valence-corrected chi connectivity index (χ0v) is 34.5. The second-order valence-corrected chi connectivity index (χ2v) is 26.6. The fourth-order valence-electron chi connectivity index (χ4n) is 6.38. The van der Waals surface area contributed by atoms with E-state index in [2.05, 4.69) is 69.5 Å². The zero-order valence-electron chi connectivity index (χ0n) is 30.2. The predicted octanol–water partition coefficient (Wildman–Crippen LogP) is 9.20. The van der Waals surface area contributed by atoms with Crippen LogP contribution in [0.15, 0.2) is 30.3 Å². The van der Waals surface area contributed by atoms with Crippen LogP contribution in [0.2, 0.25) is 18.1 Å². The van der Waals surface area contributed by atoms with Crippen LogP contribution in [0.1, 0.15) is 85.1 Å². The summed E-state index contributed by atoms with van der Waals surface area (Å²) >= 11 is 8.38. The summed E-state index contributed by atoms with van der Waals surface area (Å²) in [6, 6.07) is 10.2. The zero-order chi connectivity index (χ0) is 34.2. The van der Waals surface area contributed by atoms with E-state index in [1.165, 1.54) is 24.3 Å². The monoisotopic (exact) mass is 746 g/mol. The molecule has 11 heteroatoms. The number of hydrogen-bond donors (Lipinski definition) is 1. The molecule has 0 saturated carbocycles. The molecule has 3 heterocycles. The van der Waals surface area contributed by atoms with Crippen LogP contribution in [0.25, 0.3) is 0 Å². The number of benzene rings is 1. The van der Waals surface area contributed by atoms with E-state index in [1.807, 2.05) is 62.7 Å². The van der Waals surface area contributed by atoms with Gasteiger partial charge in [0.15, 0.2) is 14.1 Å². The Morgan fingerprint density at radius 1 is 0.936 bits per heavy atom. The van der Waals surface area contributed by atoms with Gasteiger partial charge in [-0.3, -0.25) is 0 Å². The van der Waals surface area contributed by atoms with Crippen molar-refractivity contribution in [2.45, 2.75) is 143 Å². The van der Waals surface area contributed by atoms with Gasteiger partial charge < -0.3 is 28.5 Å². The van der Waals surface area contributed by atoms with Gasteiger partial charge >= 0.3 is 0 Å². The Hall–Kier alpha value is 0.597. The third-order valence-corrected chi connectivity index (χ3v) is 21.3. The van der Waals surface area contributed by atoms with E-state index in [-0.39, 0.29) is 31.5 Å². The predicted molar refractivity (Wildman–Crippen MR) is 207 cm³/mol. The van der Waals surface area contributed by atoms with Crippen LogP contribution < -0.4 is 0 Å². The quantitative estimate of drug-likeness (QED) is 0.156. The lowest BCUT2D eigenvalue weighted by molar-refractivity contribution is -0.154. The molecule has 6 nitrogen and oxygen atoms in total. The lowest BCUT2D eigenvalue weighted by Gasteiger charge is -2.47. The molecule has 3 aliphatic rings. The minimum Gasteiger partial charge on any atom is -0.414 e. The molecule has 0 spiro atoms.